The van der Waals surface area contributed by atoms with Crippen LogP contribution >= 0.6 is 0 Å². The average Bonchev–Trinajstić information content (AvgIpc) is 3.08. The number of rotatable bonds is 17. The Labute approximate surface area is 507 Å². The Morgan fingerprint density at radius 1 is 0.820 bits per heavy atom. The maximum absolute atomic E-state index is 14.7. The van der Waals surface area contributed by atoms with E-state index in [1.165, 1.54) is 31.2 Å². The molecule has 8 amide bonds. The molecule has 89 heavy (non-hydrogen) atoms. The smallest absolute Gasteiger partial charge is 0.446 e. The van der Waals surface area contributed by atoms with E-state index >= 15 is 0 Å². The van der Waals surface area contributed by atoms with Gasteiger partial charge in [-0.3, -0.25) is 42.9 Å². The van der Waals surface area contributed by atoms with E-state index in [0.717, 1.165) is 32.3 Å². The zero-order valence-electron chi connectivity index (χ0n) is 48.1. The van der Waals surface area contributed by atoms with E-state index < -0.39 is 198 Å². The van der Waals surface area contributed by atoms with E-state index in [9.17, 15) is 97.3 Å². The number of nitrogens with zero attached hydrogens (tertiary/aromatic N) is 3. The van der Waals surface area contributed by atoms with Gasteiger partial charge in [0.15, 0.2) is 23.5 Å². The first-order valence-electron chi connectivity index (χ1n) is 28.1. The lowest BCUT2D eigenvalue weighted by molar-refractivity contribution is -0.148. The second-order valence-electron chi connectivity index (χ2n) is 21.9. The minimum Gasteiger partial charge on any atom is -0.504 e. The number of aliphatic hydroxyl groups is 8. The molecule has 3 aromatic carbocycles. The Balaban J connectivity index is 1.21. The number of phenols is 1. The second kappa shape index (κ2) is 29.3. The van der Waals surface area contributed by atoms with E-state index in [-0.39, 0.29) is 5.56 Å². The van der Waals surface area contributed by atoms with E-state index in [1.807, 2.05) is 10.6 Å². The van der Waals surface area contributed by atoms with Crippen molar-refractivity contribution in [2.45, 2.75) is 145 Å². The van der Waals surface area contributed by atoms with Gasteiger partial charge in [0.1, 0.15) is 66.0 Å². The number of phenolic OH excluding ortho intramolecular Hbond substituents is 1. The van der Waals surface area contributed by atoms with Crippen LogP contribution in [0.3, 0.4) is 0 Å². The molecule has 0 radical (unpaired) electrons. The summed E-state index contributed by atoms with van der Waals surface area (Å²) in [5.41, 5.74) is 6.38. The lowest BCUT2D eigenvalue weighted by atomic mass is 9.96. The predicted octanol–water partition coefficient (Wildman–Crippen LogP) is -3.90. The van der Waals surface area contributed by atoms with Crippen molar-refractivity contribution in [3.63, 3.8) is 0 Å². The van der Waals surface area contributed by atoms with Crippen LogP contribution in [0.15, 0.2) is 77.3 Å². The van der Waals surface area contributed by atoms with Crippen LogP contribution in [-0.2, 0) is 44.0 Å². The summed E-state index contributed by atoms with van der Waals surface area (Å²) in [6.45, 7) is 3.89. The monoisotopic (exact) mass is 1270 g/mol. The number of fused-ring (bicyclic) bond motifs is 1. The second-order valence-corrected chi connectivity index (χ2v) is 22.9. The van der Waals surface area contributed by atoms with Gasteiger partial charge < -0.3 is 102 Å². The molecule has 3 fully saturated rings. The Bertz CT molecular complexity index is 3340. The Hall–Kier alpha value is -8.38. The number of nitrogens with one attached hydrogen (secondary N) is 5. The minimum absolute atomic E-state index is 0.0993. The fourth-order valence-electron chi connectivity index (χ4n) is 10.3. The Morgan fingerprint density at radius 3 is 2.12 bits per heavy atom. The van der Waals surface area contributed by atoms with Crippen LogP contribution in [0, 0.1) is 5.92 Å². The van der Waals surface area contributed by atoms with Crippen LogP contribution in [0.5, 0.6) is 17.2 Å². The quantitative estimate of drug-likeness (QED) is 0.0355. The van der Waals surface area contributed by atoms with Crippen LogP contribution in [0.4, 0.5) is 0 Å². The van der Waals surface area contributed by atoms with Crippen molar-refractivity contribution >= 4 is 57.7 Å². The predicted molar refractivity (Wildman–Crippen MR) is 304 cm³/mol. The molecule has 3 unspecified atom stereocenters. The van der Waals surface area contributed by atoms with Gasteiger partial charge >= 0.3 is 10.4 Å². The number of ether oxygens (including phenoxy) is 1. The van der Waals surface area contributed by atoms with E-state index in [2.05, 4.69) is 32.2 Å². The minimum atomic E-state index is -5.36. The van der Waals surface area contributed by atoms with Crippen molar-refractivity contribution in [2.24, 2.45) is 11.7 Å². The van der Waals surface area contributed by atoms with Crippen LogP contribution < -0.4 is 41.2 Å². The number of aromatic nitrogens is 1. The lowest BCUT2D eigenvalue weighted by Crippen LogP contribution is -2.65. The number of nitrogens with two attached hydrogens (primary N) is 1. The fourth-order valence-corrected chi connectivity index (χ4v) is 10.7. The third-order valence-corrected chi connectivity index (χ3v) is 15.6. The van der Waals surface area contributed by atoms with Gasteiger partial charge in [-0.05, 0) is 67.4 Å². The summed E-state index contributed by atoms with van der Waals surface area (Å²) in [7, 11) is -5.36. The van der Waals surface area contributed by atoms with Gasteiger partial charge in [-0.25, -0.2) is 0 Å². The first kappa shape index (κ1) is 68.1. The molecule has 32 nitrogen and oxygen atoms in total. The number of aliphatic hydroxyl groups excluding tert-OH is 8. The van der Waals surface area contributed by atoms with Gasteiger partial charge in [0.25, 0.3) is 5.91 Å². The number of carbonyl (C=O) groups excluding carboxylic acids is 8. The summed E-state index contributed by atoms with van der Waals surface area (Å²) in [6, 6.07) is 3.76. The van der Waals surface area contributed by atoms with Crippen LogP contribution in [-0.4, -0.2) is 220 Å². The van der Waals surface area contributed by atoms with Gasteiger partial charge in [0.2, 0.25) is 41.4 Å². The molecule has 1 aromatic heterocycles. The van der Waals surface area contributed by atoms with Gasteiger partial charge in [0, 0.05) is 54.6 Å². The highest BCUT2D eigenvalue weighted by Gasteiger charge is 2.50. The zero-order valence-corrected chi connectivity index (χ0v) is 48.9. The topological polar surface area (TPSA) is 510 Å². The molecule has 0 saturated carbocycles. The van der Waals surface area contributed by atoms with Crippen molar-refractivity contribution in [3.05, 3.63) is 83.9 Å². The van der Waals surface area contributed by atoms with Crippen LogP contribution in [0.25, 0.3) is 22.6 Å². The molecule has 3 saturated heterocycles. The number of benzene rings is 3. The molecule has 0 aliphatic carbocycles. The van der Waals surface area contributed by atoms with Crippen molar-refractivity contribution < 1.29 is 111 Å². The molecule has 4 aromatic rings. The summed E-state index contributed by atoms with van der Waals surface area (Å²) >= 11 is 0. The van der Waals surface area contributed by atoms with Gasteiger partial charge in [-0.15, -0.1) is 0 Å². The van der Waals surface area contributed by atoms with E-state index in [4.69, 9.17) is 15.0 Å². The van der Waals surface area contributed by atoms with E-state index in [1.54, 1.807) is 30.3 Å². The highest BCUT2D eigenvalue weighted by Crippen LogP contribution is 2.33. The zero-order chi connectivity index (χ0) is 65.3. The molecule has 15 atom stereocenters. The maximum atomic E-state index is 14.7. The van der Waals surface area contributed by atoms with Crippen molar-refractivity contribution in [1.29, 1.82) is 0 Å². The number of unbranched alkanes of at least 4 members (excludes halogenated alkanes) is 2. The first-order valence-corrected chi connectivity index (χ1v) is 29.5. The first-order chi connectivity index (χ1) is 42.0. The summed E-state index contributed by atoms with van der Waals surface area (Å²) in [5.74, 6) is -12.7. The highest BCUT2D eigenvalue weighted by atomic mass is 32.3. The number of amides is 8. The lowest BCUT2D eigenvalue weighted by Gasteiger charge is -2.35. The fraction of sp³-hybridized carbons (Fsp3) is 0.482. The molecule has 7 rings (SSSR count). The van der Waals surface area contributed by atoms with Crippen LogP contribution in [0.1, 0.15) is 81.3 Å². The molecule has 3 aliphatic rings. The van der Waals surface area contributed by atoms with Crippen molar-refractivity contribution in [1.82, 2.24) is 41.5 Å². The Kier molecular flexibility index (Phi) is 22.4. The summed E-state index contributed by atoms with van der Waals surface area (Å²) in [5, 5.41) is 116. The molecule has 33 heteroatoms. The van der Waals surface area contributed by atoms with Gasteiger partial charge in [0.05, 0.1) is 37.4 Å². The number of hydrogen-bond acceptors (Lipinski definition) is 23. The third kappa shape index (κ3) is 16.9. The molecule has 17 N–H and O–H groups in total. The van der Waals surface area contributed by atoms with Crippen molar-refractivity contribution in [3.8, 4) is 39.8 Å². The Morgan fingerprint density at radius 2 is 1.48 bits per heavy atom. The standard InChI is InChI=1S/C56H71N9O23S/c1-4-5-6-17-86-32-14-11-28(12-15-32)39-21-33(63-87-39)27-7-9-29(10-8-27)50(76)58-34-20-38(70)53(79)59-41(71)22-37(69)43(56(82)65-23-25(2)46(72)45(65)49(57)75)61-54(80)44(48(74)47(73)30-13-16-36(68)40(18-30)88-89(83,84)85)62-52(78)35-19-31(67)24-64(35)55(81)42(26(3)66)60-51(34)77/h7-16,18,21,25-26,31,34-35,37-38,42-48,53,66-70,72-74,79H,4-6,17,19-20,22-24H2,1-3H3,(H2,57,75)(H,58,76)(H,59,71)(H,60,77)(H,61,80)(H,62,78)(H,83,84,85)/t25-,26?,31+,34-,35-,37+,38+,42-,43-,44-,45-,46-,47?,48?,53+/m0/s1. The molecule has 484 valence electrons. The SMILES string of the molecule is CCCCCOc1ccc(-c2cc(-c3ccc(C(=O)N[C@H]4C[C@@H](O)[C@@H](O)NC(=O)C[C@@H](O)[C@@H](C(=O)N5C[C@H](C)[C@H](O)[C@H]5C(N)=O)NC(=O)[C@H](C(O)C(O)c5ccc(O)c(OS(=O)(=O)O)c5)NC(=O)[C@@H]5C[C@@H](O)CN5C(=O)[C@H](C(C)O)NC4=O)cc3)no2)cc1. The molecule has 0 bridgehead atoms. The number of hydrogen-bond donors (Lipinski definition) is 16. The number of likely N-dealkylation sites (tertiary alicyclic amines) is 1. The molecule has 0 spiro atoms. The maximum Gasteiger partial charge on any atom is 0.446 e. The van der Waals surface area contributed by atoms with Gasteiger partial charge in [-0.1, -0.05) is 50.0 Å². The van der Waals surface area contributed by atoms with Gasteiger partial charge in [-0.2, -0.15) is 8.42 Å². The molecule has 4 heterocycles. The third-order valence-electron chi connectivity index (χ3n) is 15.2. The van der Waals surface area contributed by atoms with Crippen molar-refractivity contribution in [2.75, 3.05) is 19.7 Å². The molecular formula is C56H71N9O23S. The van der Waals surface area contributed by atoms with Crippen LogP contribution in [0.2, 0.25) is 0 Å². The highest BCUT2D eigenvalue weighted by molar-refractivity contribution is 7.81. The summed E-state index contributed by atoms with van der Waals surface area (Å²) in [4.78, 5) is 114. The number of aromatic hydroxyl groups is 1. The summed E-state index contributed by atoms with van der Waals surface area (Å²) < 4.78 is 48.1. The summed E-state index contributed by atoms with van der Waals surface area (Å²) in [6.07, 6.45) is -17.3. The number of carbonyl (C=O) groups is 8. The van der Waals surface area contributed by atoms with E-state index in [0.29, 0.717) is 56.9 Å². The normalized spacial score (nSPS) is 27.0. The average molecular weight is 1270 g/mol. The largest absolute Gasteiger partial charge is 0.504 e. The number of primary amides is 1. The molecular weight excluding hydrogens is 1200 g/mol. The molecule has 3 aliphatic heterocycles.